The number of fused-ring (bicyclic) bond motifs is 1. The van der Waals surface area contributed by atoms with E-state index in [2.05, 4.69) is 6.58 Å². The van der Waals surface area contributed by atoms with Crippen molar-refractivity contribution in [1.82, 2.24) is 0 Å². The van der Waals surface area contributed by atoms with Crippen molar-refractivity contribution < 1.29 is 59.2 Å². The molecule has 212 valence electrons. The Bertz CT molecular complexity index is 1060. The van der Waals surface area contributed by atoms with E-state index in [0.717, 1.165) is 0 Å². The molecule has 2 heterocycles. The van der Waals surface area contributed by atoms with Gasteiger partial charge in [-0.25, -0.2) is 0 Å². The number of methoxy groups -OCH3 is 1. The first kappa shape index (κ1) is 26.6. The van der Waals surface area contributed by atoms with E-state index in [1.807, 2.05) is 0 Å². The Labute approximate surface area is 219 Å². The molecule has 12 heteroatoms. The summed E-state index contributed by atoms with van der Waals surface area (Å²) in [5.41, 5.74) is -3.99. The number of aliphatic hydroxyl groups is 6. The Hall–Kier alpha value is -1.64. The SMILES string of the molecule is C=C1C[C@]23C[C@@]1(O[C@@H]1O[C@H](CO)[C@@H](O)[C@H](O)[C@H]1O)CC[C@H]2[C@@]12C[C@H](O)[C@H](O)[C@@](C)(C(=O)O1)[C@H]2[C@@H]3C(=O)OC. The lowest BCUT2D eigenvalue weighted by Gasteiger charge is -2.49. The third-order valence-corrected chi connectivity index (χ3v) is 10.9. The molecular formula is C26H36O12. The maximum Gasteiger partial charge on any atom is 0.315 e. The van der Waals surface area contributed by atoms with Gasteiger partial charge in [0, 0.05) is 18.3 Å². The van der Waals surface area contributed by atoms with Crippen molar-refractivity contribution >= 4 is 11.9 Å². The number of hydrogen-bond donors (Lipinski definition) is 6. The molecule has 4 bridgehead atoms. The summed E-state index contributed by atoms with van der Waals surface area (Å²) in [4.78, 5) is 26.7. The zero-order valence-corrected chi connectivity index (χ0v) is 21.4. The lowest BCUT2D eigenvalue weighted by molar-refractivity contribution is -0.326. The zero-order chi connectivity index (χ0) is 27.6. The van der Waals surface area contributed by atoms with Crippen molar-refractivity contribution in [1.29, 1.82) is 0 Å². The summed E-state index contributed by atoms with van der Waals surface area (Å²) in [7, 11) is 1.27. The van der Waals surface area contributed by atoms with Crippen molar-refractivity contribution in [3.05, 3.63) is 12.2 Å². The van der Waals surface area contributed by atoms with Crippen LogP contribution in [0.4, 0.5) is 0 Å². The maximum absolute atomic E-state index is 13.5. The highest BCUT2D eigenvalue weighted by Gasteiger charge is 2.85. The van der Waals surface area contributed by atoms with Crippen LogP contribution in [0.2, 0.25) is 0 Å². The van der Waals surface area contributed by atoms with Gasteiger partial charge in [-0.2, -0.15) is 0 Å². The van der Waals surface area contributed by atoms with Gasteiger partial charge in [-0.3, -0.25) is 9.59 Å². The molecule has 0 aromatic carbocycles. The molecule has 0 aromatic heterocycles. The van der Waals surface area contributed by atoms with Crippen molar-refractivity contribution in [2.45, 2.75) is 93.1 Å². The highest BCUT2D eigenvalue weighted by Crippen LogP contribution is 2.79. The van der Waals surface area contributed by atoms with E-state index in [9.17, 15) is 40.2 Å². The second-order valence-corrected chi connectivity index (χ2v) is 12.4. The molecule has 14 atom stereocenters. The minimum absolute atomic E-state index is 0.00683. The summed E-state index contributed by atoms with van der Waals surface area (Å²) in [5, 5.41) is 62.5. The van der Waals surface area contributed by atoms with Gasteiger partial charge >= 0.3 is 11.9 Å². The molecule has 38 heavy (non-hydrogen) atoms. The topological polar surface area (TPSA) is 192 Å². The van der Waals surface area contributed by atoms with Crippen LogP contribution in [0.5, 0.6) is 0 Å². The zero-order valence-electron chi connectivity index (χ0n) is 21.4. The van der Waals surface area contributed by atoms with Crippen molar-refractivity contribution in [2.24, 2.45) is 28.6 Å². The van der Waals surface area contributed by atoms with Crippen LogP contribution >= 0.6 is 0 Å². The van der Waals surface area contributed by atoms with Crippen molar-refractivity contribution in [2.75, 3.05) is 13.7 Å². The minimum atomic E-state index is -1.61. The van der Waals surface area contributed by atoms with E-state index in [4.69, 9.17) is 18.9 Å². The van der Waals surface area contributed by atoms with E-state index < -0.39 is 95.3 Å². The molecule has 4 aliphatic carbocycles. The Kier molecular flexibility index (Phi) is 5.73. The number of carbonyl (C=O) groups excluding carboxylic acids is 2. The Morgan fingerprint density at radius 3 is 2.53 bits per heavy atom. The third-order valence-electron chi connectivity index (χ3n) is 10.9. The average Bonchev–Trinajstić information content (AvgIpc) is 3.32. The summed E-state index contributed by atoms with van der Waals surface area (Å²) in [6.45, 7) is 5.20. The van der Waals surface area contributed by atoms with Gasteiger partial charge in [0.05, 0.1) is 37.4 Å². The average molecular weight is 541 g/mol. The van der Waals surface area contributed by atoms with Gasteiger partial charge in [0.25, 0.3) is 0 Å². The Morgan fingerprint density at radius 1 is 1.16 bits per heavy atom. The molecule has 0 radical (unpaired) electrons. The molecule has 6 N–H and O–H groups in total. The molecule has 6 fully saturated rings. The van der Waals surface area contributed by atoms with Crippen LogP contribution in [0, 0.1) is 28.6 Å². The number of ether oxygens (including phenoxy) is 4. The van der Waals surface area contributed by atoms with E-state index in [0.29, 0.717) is 24.8 Å². The Morgan fingerprint density at radius 2 is 1.87 bits per heavy atom. The number of hydrogen-bond acceptors (Lipinski definition) is 12. The Balaban J connectivity index is 1.41. The standard InChI is InChI=1S/C26H36O12/c1-10-6-24-9-25(10,37-21-17(31)16(30)15(29)12(8-27)36-21)5-4-13(24)26-7-11(28)19(32)23(2,22(34)38-26)18(26)14(24)20(33)35-3/h11-19,21,27-32H,1,4-9H2,2-3H3/t11-,12+,13+,14+,15+,16-,17+,18+,19-,21-,23-,24-,25-,26+/m0/s1. The molecule has 0 unspecified atom stereocenters. The lowest BCUT2D eigenvalue weighted by atomic mass is 9.58. The lowest BCUT2D eigenvalue weighted by Crippen LogP contribution is -2.61. The molecule has 0 amide bonds. The van der Waals surface area contributed by atoms with Gasteiger partial charge in [-0.15, -0.1) is 0 Å². The van der Waals surface area contributed by atoms with Crippen LogP contribution in [-0.2, 0) is 28.5 Å². The quantitative estimate of drug-likeness (QED) is 0.172. The molecular weight excluding hydrogens is 504 g/mol. The fourth-order valence-electron chi connectivity index (χ4n) is 9.37. The molecule has 2 saturated heterocycles. The highest BCUT2D eigenvalue weighted by atomic mass is 16.7. The third kappa shape index (κ3) is 2.92. The minimum Gasteiger partial charge on any atom is -0.469 e. The predicted octanol–water partition coefficient (Wildman–Crippen LogP) is -1.87. The second-order valence-electron chi connectivity index (χ2n) is 12.4. The first-order chi connectivity index (χ1) is 17.8. The number of esters is 2. The van der Waals surface area contributed by atoms with Crippen LogP contribution in [0.15, 0.2) is 12.2 Å². The summed E-state index contributed by atoms with van der Waals surface area (Å²) in [6, 6.07) is 0. The molecule has 6 rings (SSSR count). The normalized spacial score (nSPS) is 56.8. The van der Waals surface area contributed by atoms with Gasteiger partial charge in [0.1, 0.15) is 35.4 Å². The largest absolute Gasteiger partial charge is 0.469 e. The van der Waals surface area contributed by atoms with Gasteiger partial charge in [0.2, 0.25) is 0 Å². The second kappa shape index (κ2) is 8.20. The smallest absolute Gasteiger partial charge is 0.315 e. The number of carbonyl (C=O) groups is 2. The van der Waals surface area contributed by atoms with E-state index in [1.54, 1.807) is 6.92 Å². The summed E-state index contributed by atoms with van der Waals surface area (Å²) < 4.78 is 23.3. The van der Waals surface area contributed by atoms with Gasteiger partial charge < -0.3 is 49.6 Å². The maximum atomic E-state index is 13.5. The molecule has 1 spiro atoms. The summed E-state index contributed by atoms with van der Waals surface area (Å²) in [5.74, 6) is -3.15. The van der Waals surface area contributed by atoms with Gasteiger partial charge in [-0.05, 0) is 43.6 Å². The number of rotatable bonds is 4. The van der Waals surface area contributed by atoms with Gasteiger partial charge in [0.15, 0.2) is 6.29 Å². The van der Waals surface area contributed by atoms with Crippen LogP contribution in [0.3, 0.4) is 0 Å². The molecule has 0 aromatic rings. The van der Waals surface area contributed by atoms with Crippen molar-refractivity contribution in [3.63, 3.8) is 0 Å². The van der Waals surface area contributed by atoms with Crippen molar-refractivity contribution in [3.8, 4) is 0 Å². The van der Waals surface area contributed by atoms with E-state index in [1.165, 1.54) is 7.11 Å². The fourth-order valence-corrected chi connectivity index (χ4v) is 9.37. The summed E-state index contributed by atoms with van der Waals surface area (Å²) >= 11 is 0. The first-order valence-electron chi connectivity index (χ1n) is 13.2. The van der Waals surface area contributed by atoms with Crippen LogP contribution < -0.4 is 0 Å². The fraction of sp³-hybridized carbons (Fsp3) is 0.846. The number of aliphatic hydroxyl groups excluding tert-OH is 6. The molecule has 4 saturated carbocycles. The first-order valence-corrected chi connectivity index (χ1v) is 13.2. The van der Waals surface area contributed by atoms with Crippen LogP contribution in [0.1, 0.15) is 39.0 Å². The highest BCUT2D eigenvalue weighted by molar-refractivity contribution is 5.86. The summed E-state index contributed by atoms with van der Waals surface area (Å²) in [6.07, 6.45) is -8.58. The van der Waals surface area contributed by atoms with Crippen LogP contribution in [-0.4, -0.2) is 110 Å². The van der Waals surface area contributed by atoms with Gasteiger partial charge in [-0.1, -0.05) is 6.58 Å². The van der Waals surface area contributed by atoms with E-state index >= 15 is 0 Å². The molecule has 12 nitrogen and oxygen atoms in total. The van der Waals surface area contributed by atoms with Crippen LogP contribution in [0.25, 0.3) is 0 Å². The monoisotopic (exact) mass is 540 g/mol. The molecule has 2 aliphatic heterocycles. The predicted molar refractivity (Wildman–Crippen MR) is 124 cm³/mol. The van der Waals surface area contributed by atoms with E-state index in [-0.39, 0.29) is 18.8 Å². The molecule has 6 aliphatic rings.